The Bertz CT molecular complexity index is 1110. The van der Waals surface area contributed by atoms with Crippen LogP contribution in [0, 0.1) is 0 Å². The number of hydrogen-bond donors (Lipinski definition) is 4. The number of nitrogens with one attached hydrogen (secondary N) is 3. The molecule has 0 aliphatic carbocycles. The summed E-state index contributed by atoms with van der Waals surface area (Å²) in [5.74, 6) is -1.10. The number of carbonyl (C=O) groups excluding carboxylic acids is 1. The van der Waals surface area contributed by atoms with Gasteiger partial charge in [0, 0.05) is 30.1 Å². The van der Waals surface area contributed by atoms with E-state index in [4.69, 9.17) is 16.7 Å². The maximum atomic E-state index is 12.0. The molecule has 8 nitrogen and oxygen atoms in total. The Hall–Kier alpha value is -3.39. The Kier molecular flexibility index (Phi) is 5.09. The number of anilines is 2. The van der Waals surface area contributed by atoms with Crippen molar-refractivity contribution in [3.8, 4) is 0 Å². The molecule has 0 saturated heterocycles. The van der Waals surface area contributed by atoms with Gasteiger partial charge in [-0.3, -0.25) is 9.59 Å². The monoisotopic (exact) mass is 386 g/mol. The maximum Gasteiger partial charge on any atom is 0.341 e. The van der Waals surface area contributed by atoms with Gasteiger partial charge in [0.2, 0.25) is 5.91 Å². The van der Waals surface area contributed by atoms with Crippen molar-refractivity contribution < 1.29 is 14.7 Å². The van der Waals surface area contributed by atoms with Crippen LogP contribution in [0.25, 0.3) is 10.9 Å². The van der Waals surface area contributed by atoms with E-state index in [9.17, 15) is 14.4 Å². The summed E-state index contributed by atoms with van der Waals surface area (Å²) in [5.41, 5.74) is 0.569. The molecule has 0 spiro atoms. The van der Waals surface area contributed by atoms with E-state index in [-0.39, 0.29) is 18.0 Å². The number of hydrogen-bond acceptors (Lipinski definition) is 5. The molecule has 2 heterocycles. The summed E-state index contributed by atoms with van der Waals surface area (Å²) in [7, 11) is 0. The smallest absolute Gasteiger partial charge is 0.341 e. The first-order chi connectivity index (χ1) is 12.8. The molecule has 0 unspecified atom stereocenters. The number of H-pyrrole nitrogens is 1. The number of fused-ring (bicyclic) bond motifs is 1. The van der Waals surface area contributed by atoms with Gasteiger partial charge in [0.25, 0.3) is 5.56 Å². The van der Waals surface area contributed by atoms with E-state index < -0.39 is 11.5 Å². The second-order valence-electron chi connectivity index (χ2n) is 5.78. The Morgan fingerprint density at radius 3 is 2.78 bits per heavy atom. The molecule has 2 aromatic heterocycles. The lowest BCUT2D eigenvalue weighted by Gasteiger charge is -2.13. The maximum absolute atomic E-state index is 12.0. The van der Waals surface area contributed by atoms with Crippen molar-refractivity contribution in [2.45, 2.75) is 13.5 Å². The number of aromatic amines is 1. The summed E-state index contributed by atoms with van der Waals surface area (Å²) in [6, 6.07) is 7.92. The molecule has 3 rings (SSSR count). The molecule has 0 saturated carbocycles. The second kappa shape index (κ2) is 7.46. The standard InChI is InChI=1S/C18H15ClN4O4/c1-9(24)22-14-3-2-4-20-16(14)21-8-11-6-12(19)5-10-7-13(18(26)27)17(25)23-15(10)11/h2-7H,8H2,1H3,(H,20,21)(H,22,24)(H,23,25)(H,26,27). The predicted molar refractivity (Wildman–Crippen MR) is 102 cm³/mol. The highest BCUT2D eigenvalue weighted by atomic mass is 35.5. The molecule has 138 valence electrons. The lowest BCUT2D eigenvalue weighted by Crippen LogP contribution is -2.18. The first-order valence-electron chi connectivity index (χ1n) is 7.90. The normalized spacial score (nSPS) is 10.6. The summed E-state index contributed by atoms with van der Waals surface area (Å²) in [5, 5.41) is 15.8. The Labute approximate surface area is 158 Å². The zero-order valence-corrected chi connectivity index (χ0v) is 14.9. The predicted octanol–water partition coefficient (Wildman–Crippen LogP) is 2.85. The van der Waals surface area contributed by atoms with Crippen molar-refractivity contribution in [3.05, 3.63) is 63.0 Å². The SMILES string of the molecule is CC(=O)Nc1cccnc1NCc1cc(Cl)cc2cc(C(=O)O)c(=O)[nH]c12. The van der Waals surface area contributed by atoms with Gasteiger partial charge in [0.1, 0.15) is 11.4 Å². The van der Waals surface area contributed by atoms with Crippen LogP contribution >= 0.6 is 11.6 Å². The van der Waals surface area contributed by atoms with Crippen molar-refractivity contribution in [2.24, 2.45) is 0 Å². The summed E-state index contributed by atoms with van der Waals surface area (Å²) in [4.78, 5) is 41.3. The third-order valence-electron chi connectivity index (χ3n) is 3.79. The van der Waals surface area contributed by atoms with Crippen molar-refractivity contribution in [1.29, 1.82) is 0 Å². The highest BCUT2D eigenvalue weighted by Crippen LogP contribution is 2.24. The lowest BCUT2D eigenvalue weighted by molar-refractivity contribution is -0.114. The largest absolute Gasteiger partial charge is 0.477 e. The molecule has 0 aliphatic rings. The van der Waals surface area contributed by atoms with Gasteiger partial charge in [0.05, 0.1) is 11.2 Å². The fraction of sp³-hybridized carbons (Fsp3) is 0.111. The van der Waals surface area contributed by atoms with Crippen molar-refractivity contribution in [1.82, 2.24) is 9.97 Å². The average Bonchev–Trinajstić information content (AvgIpc) is 2.60. The first kappa shape index (κ1) is 18.4. The molecule has 0 radical (unpaired) electrons. The van der Waals surface area contributed by atoms with E-state index in [2.05, 4.69) is 20.6 Å². The molecule has 3 aromatic rings. The second-order valence-corrected chi connectivity index (χ2v) is 6.22. The molecular formula is C18H15ClN4O4. The number of rotatable bonds is 5. The van der Waals surface area contributed by atoms with Gasteiger partial charge in [-0.05, 0) is 35.9 Å². The molecule has 0 bridgehead atoms. The van der Waals surface area contributed by atoms with Crippen LogP contribution < -0.4 is 16.2 Å². The van der Waals surface area contributed by atoms with E-state index in [1.54, 1.807) is 30.5 Å². The lowest BCUT2D eigenvalue weighted by atomic mass is 10.1. The van der Waals surface area contributed by atoms with Gasteiger partial charge >= 0.3 is 5.97 Å². The molecular weight excluding hydrogens is 372 g/mol. The topological polar surface area (TPSA) is 124 Å². The molecule has 9 heteroatoms. The van der Waals surface area contributed by atoms with Crippen LogP contribution in [-0.2, 0) is 11.3 Å². The van der Waals surface area contributed by atoms with Crippen molar-refractivity contribution in [3.63, 3.8) is 0 Å². The number of pyridine rings is 2. The number of carboxylic acids is 1. The number of aromatic carboxylic acids is 1. The molecule has 1 aromatic carbocycles. The number of amides is 1. The van der Waals surface area contributed by atoms with Gasteiger partial charge in [0.15, 0.2) is 0 Å². The molecule has 0 atom stereocenters. The van der Waals surface area contributed by atoms with Gasteiger partial charge in [-0.25, -0.2) is 9.78 Å². The Morgan fingerprint density at radius 2 is 2.07 bits per heavy atom. The van der Waals surface area contributed by atoms with E-state index in [1.165, 1.54) is 13.0 Å². The van der Waals surface area contributed by atoms with E-state index in [0.717, 1.165) is 0 Å². The average molecular weight is 387 g/mol. The summed E-state index contributed by atoms with van der Waals surface area (Å²) in [6.45, 7) is 1.63. The van der Waals surface area contributed by atoms with Crippen molar-refractivity contribution in [2.75, 3.05) is 10.6 Å². The molecule has 1 amide bonds. The fourth-order valence-electron chi connectivity index (χ4n) is 2.67. The van der Waals surface area contributed by atoms with Crippen LogP contribution in [0.2, 0.25) is 5.02 Å². The molecule has 0 fully saturated rings. The molecule has 4 N–H and O–H groups in total. The number of benzene rings is 1. The van der Waals surface area contributed by atoms with E-state index in [1.807, 2.05) is 0 Å². The first-order valence-corrected chi connectivity index (χ1v) is 8.28. The fourth-order valence-corrected chi connectivity index (χ4v) is 2.92. The van der Waals surface area contributed by atoms with Crippen LogP contribution in [0.4, 0.5) is 11.5 Å². The number of carbonyl (C=O) groups is 2. The third-order valence-corrected chi connectivity index (χ3v) is 4.01. The molecule has 27 heavy (non-hydrogen) atoms. The number of nitrogens with zero attached hydrogens (tertiary/aromatic N) is 1. The van der Waals surface area contributed by atoms with Crippen LogP contribution in [0.1, 0.15) is 22.8 Å². The summed E-state index contributed by atoms with van der Waals surface area (Å²) < 4.78 is 0. The minimum Gasteiger partial charge on any atom is -0.477 e. The number of halogens is 1. The van der Waals surface area contributed by atoms with Gasteiger partial charge in [-0.1, -0.05) is 11.6 Å². The highest BCUT2D eigenvalue weighted by Gasteiger charge is 2.13. The van der Waals surface area contributed by atoms with Gasteiger partial charge < -0.3 is 20.7 Å². The minimum absolute atomic E-state index is 0.232. The number of aromatic nitrogens is 2. The quantitative estimate of drug-likeness (QED) is 0.534. The summed E-state index contributed by atoms with van der Waals surface area (Å²) in [6.07, 6.45) is 1.57. The number of carboxylic acid groups (broad SMARTS) is 1. The zero-order chi connectivity index (χ0) is 19.6. The Balaban J connectivity index is 1.98. The van der Waals surface area contributed by atoms with Crippen LogP contribution in [0.3, 0.4) is 0 Å². The van der Waals surface area contributed by atoms with E-state index >= 15 is 0 Å². The van der Waals surface area contributed by atoms with Crippen molar-refractivity contribution >= 4 is 45.9 Å². The van der Waals surface area contributed by atoms with Crippen LogP contribution in [0.15, 0.2) is 41.3 Å². The highest BCUT2D eigenvalue weighted by molar-refractivity contribution is 6.31. The van der Waals surface area contributed by atoms with Gasteiger partial charge in [-0.2, -0.15) is 0 Å². The minimum atomic E-state index is -1.31. The van der Waals surface area contributed by atoms with Gasteiger partial charge in [-0.15, -0.1) is 0 Å². The Morgan fingerprint density at radius 1 is 1.30 bits per heavy atom. The van der Waals surface area contributed by atoms with E-state index in [0.29, 0.717) is 33.0 Å². The summed E-state index contributed by atoms with van der Waals surface area (Å²) >= 11 is 6.14. The zero-order valence-electron chi connectivity index (χ0n) is 14.2. The molecule has 0 aliphatic heterocycles. The van der Waals surface area contributed by atoms with Crippen LogP contribution in [0.5, 0.6) is 0 Å². The third kappa shape index (κ3) is 4.06. The van der Waals surface area contributed by atoms with Crippen LogP contribution in [-0.4, -0.2) is 27.0 Å².